The molecule has 1 heterocycles. The zero-order valence-electron chi connectivity index (χ0n) is 11.1. The van der Waals surface area contributed by atoms with E-state index in [1.54, 1.807) is 4.31 Å². The van der Waals surface area contributed by atoms with Crippen LogP contribution in [0.1, 0.15) is 27.7 Å². The van der Waals surface area contributed by atoms with E-state index in [0.717, 1.165) is 0 Å². The highest BCUT2D eigenvalue weighted by molar-refractivity contribution is 7.89. The molecular weight excluding hydrogens is 240 g/mol. The Hall–Kier alpha value is -0.170. The SMILES string of the molecule is CC(C)NCCS(=O)(=O)N1C[C@@H](C)O[C@@H](C)C1. The molecule has 0 unspecified atom stereocenters. The standard InChI is InChI=1S/C11H24N2O3S/c1-9(2)12-5-6-17(14,15)13-7-10(3)16-11(4)8-13/h9-12H,5-8H2,1-4H3/t10-,11+. The molecule has 6 heteroatoms. The Kier molecular flexibility index (Phi) is 5.37. The van der Waals surface area contributed by atoms with Gasteiger partial charge in [0.1, 0.15) is 0 Å². The molecule has 0 aliphatic carbocycles. The van der Waals surface area contributed by atoms with Crippen LogP contribution in [0.25, 0.3) is 0 Å². The van der Waals surface area contributed by atoms with Gasteiger partial charge in [0.15, 0.2) is 0 Å². The quantitative estimate of drug-likeness (QED) is 0.782. The molecule has 102 valence electrons. The highest BCUT2D eigenvalue weighted by Gasteiger charge is 2.30. The van der Waals surface area contributed by atoms with Gasteiger partial charge in [-0.15, -0.1) is 0 Å². The number of hydrogen-bond acceptors (Lipinski definition) is 4. The second kappa shape index (κ2) is 6.13. The summed E-state index contributed by atoms with van der Waals surface area (Å²) in [6.45, 7) is 9.26. The van der Waals surface area contributed by atoms with E-state index in [-0.39, 0.29) is 18.0 Å². The molecule has 0 amide bonds. The third-order valence-corrected chi connectivity index (χ3v) is 4.50. The molecule has 0 aromatic heterocycles. The highest BCUT2D eigenvalue weighted by Crippen LogP contribution is 2.14. The monoisotopic (exact) mass is 264 g/mol. The van der Waals surface area contributed by atoms with Gasteiger partial charge in [-0.2, -0.15) is 4.31 Å². The van der Waals surface area contributed by atoms with E-state index in [1.165, 1.54) is 0 Å². The lowest BCUT2D eigenvalue weighted by atomic mass is 10.3. The predicted octanol–water partition coefficient (Wildman–Crippen LogP) is 0.423. The van der Waals surface area contributed by atoms with Gasteiger partial charge in [0.25, 0.3) is 0 Å². The predicted molar refractivity (Wildman–Crippen MR) is 68.5 cm³/mol. The van der Waals surface area contributed by atoms with E-state index in [9.17, 15) is 8.42 Å². The zero-order chi connectivity index (χ0) is 13.1. The van der Waals surface area contributed by atoms with E-state index in [1.807, 2.05) is 27.7 Å². The summed E-state index contributed by atoms with van der Waals surface area (Å²) in [4.78, 5) is 0. The number of sulfonamides is 1. The molecule has 1 N–H and O–H groups in total. The van der Waals surface area contributed by atoms with Crippen molar-refractivity contribution < 1.29 is 13.2 Å². The first kappa shape index (κ1) is 14.9. The van der Waals surface area contributed by atoms with Gasteiger partial charge in [-0.3, -0.25) is 0 Å². The summed E-state index contributed by atoms with van der Waals surface area (Å²) in [6.07, 6.45) is -0.0434. The van der Waals surface area contributed by atoms with E-state index in [4.69, 9.17) is 4.74 Å². The summed E-state index contributed by atoms with van der Waals surface area (Å²) in [5.74, 6) is 0.157. The van der Waals surface area contributed by atoms with Gasteiger partial charge in [-0.05, 0) is 13.8 Å². The number of nitrogens with one attached hydrogen (secondary N) is 1. The number of nitrogens with zero attached hydrogens (tertiary/aromatic N) is 1. The summed E-state index contributed by atoms with van der Waals surface area (Å²) in [7, 11) is -3.15. The Balaban J connectivity index is 2.51. The van der Waals surface area contributed by atoms with Crippen molar-refractivity contribution in [2.75, 3.05) is 25.4 Å². The summed E-state index contributed by atoms with van der Waals surface area (Å²) < 4.78 is 31.3. The summed E-state index contributed by atoms with van der Waals surface area (Å²) in [6, 6.07) is 0.313. The van der Waals surface area contributed by atoms with Crippen molar-refractivity contribution in [2.45, 2.75) is 45.9 Å². The summed E-state index contributed by atoms with van der Waals surface area (Å²) in [5, 5.41) is 3.13. The lowest BCUT2D eigenvalue weighted by molar-refractivity contribution is -0.0440. The lowest BCUT2D eigenvalue weighted by Gasteiger charge is -2.34. The van der Waals surface area contributed by atoms with Crippen LogP contribution in [0.5, 0.6) is 0 Å². The Labute approximate surface area is 105 Å². The molecule has 0 saturated carbocycles. The molecule has 1 aliphatic heterocycles. The van der Waals surface area contributed by atoms with Gasteiger partial charge in [-0.1, -0.05) is 13.8 Å². The molecule has 1 fully saturated rings. The molecule has 1 aliphatic rings. The molecule has 0 aromatic rings. The van der Waals surface area contributed by atoms with Crippen LogP contribution in [0.4, 0.5) is 0 Å². The number of rotatable bonds is 5. The van der Waals surface area contributed by atoms with Crippen LogP contribution < -0.4 is 5.32 Å². The number of hydrogen-bond donors (Lipinski definition) is 1. The highest BCUT2D eigenvalue weighted by atomic mass is 32.2. The number of ether oxygens (including phenoxy) is 1. The molecule has 0 spiro atoms. The first-order chi connectivity index (χ1) is 7.81. The molecule has 0 aromatic carbocycles. The minimum absolute atomic E-state index is 0.0217. The van der Waals surface area contributed by atoms with Crippen LogP contribution in [0.15, 0.2) is 0 Å². The van der Waals surface area contributed by atoms with Crippen LogP contribution in [0.3, 0.4) is 0 Å². The van der Waals surface area contributed by atoms with Gasteiger partial charge in [0.05, 0.1) is 18.0 Å². The van der Waals surface area contributed by atoms with E-state index in [2.05, 4.69) is 5.32 Å². The van der Waals surface area contributed by atoms with Gasteiger partial charge in [0, 0.05) is 25.7 Å². The normalized spacial score (nSPS) is 27.6. The van der Waals surface area contributed by atoms with Crippen LogP contribution in [-0.4, -0.2) is 56.4 Å². The van der Waals surface area contributed by atoms with Crippen molar-refractivity contribution in [3.63, 3.8) is 0 Å². The van der Waals surface area contributed by atoms with E-state index >= 15 is 0 Å². The van der Waals surface area contributed by atoms with Crippen molar-refractivity contribution in [2.24, 2.45) is 0 Å². The van der Waals surface area contributed by atoms with E-state index in [0.29, 0.717) is 25.7 Å². The fraction of sp³-hybridized carbons (Fsp3) is 1.00. The molecule has 5 nitrogen and oxygen atoms in total. The van der Waals surface area contributed by atoms with Crippen molar-refractivity contribution in [1.82, 2.24) is 9.62 Å². The van der Waals surface area contributed by atoms with Crippen LogP contribution in [0, 0.1) is 0 Å². The fourth-order valence-electron chi connectivity index (χ4n) is 1.96. The minimum atomic E-state index is -3.15. The maximum absolute atomic E-state index is 12.1. The van der Waals surface area contributed by atoms with E-state index < -0.39 is 10.0 Å². The Morgan fingerprint density at radius 2 is 1.82 bits per heavy atom. The molecular formula is C11H24N2O3S. The first-order valence-corrected chi connectivity index (χ1v) is 7.79. The average molecular weight is 264 g/mol. The Morgan fingerprint density at radius 1 is 1.29 bits per heavy atom. The molecule has 2 atom stereocenters. The molecule has 0 bridgehead atoms. The minimum Gasteiger partial charge on any atom is -0.373 e. The lowest BCUT2D eigenvalue weighted by Crippen LogP contribution is -2.49. The van der Waals surface area contributed by atoms with Gasteiger partial charge < -0.3 is 10.1 Å². The summed E-state index contributed by atoms with van der Waals surface area (Å²) in [5.41, 5.74) is 0. The van der Waals surface area contributed by atoms with Crippen molar-refractivity contribution in [3.05, 3.63) is 0 Å². The van der Waals surface area contributed by atoms with Gasteiger partial charge >= 0.3 is 0 Å². The third-order valence-electron chi connectivity index (χ3n) is 2.69. The second-order valence-corrected chi connectivity index (χ2v) is 7.09. The zero-order valence-corrected chi connectivity index (χ0v) is 12.0. The van der Waals surface area contributed by atoms with Crippen LogP contribution >= 0.6 is 0 Å². The van der Waals surface area contributed by atoms with Gasteiger partial charge in [-0.25, -0.2) is 8.42 Å². The Bertz CT molecular complexity index is 320. The maximum atomic E-state index is 12.1. The van der Waals surface area contributed by atoms with Crippen molar-refractivity contribution in [1.29, 1.82) is 0 Å². The summed E-state index contributed by atoms with van der Waals surface area (Å²) >= 11 is 0. The van der Waals surface area contributed by atoms with Crippen LogP contribution in [-0.2, 0) is 14.8 Å². The molecule has 1 rings (SSSR count). The van der Waals surface area contributed by atoms with Crippen molar-refractivity contribution in [3.8, 4) is 0 Å². The van der Waals surface area contributed by atoms with Crippen LogP contribution in [0.2, 0.25) is 0 Å². The second-order valence-electron chi connectivity index (χ2n) is 5.00. The van der Waals surface area contributed by atoms with Gasteiger partial charge in [0.2, 0.25) is 10.0 Å². The first-order valence-electron chi connectivity index (χ1n) is 6.18. The Morgan fingerprint density at radius 3 is 2.29 bits per heavy atom. The molecule has 0 radical (unpaired) electrons. The maximum Gasteiger partial charge on any atom is 0.215 e. The fourth-order valence-corrected chi connectivity index (χ4v) is 3.47. The average Bonchev–Trinajstić information content (AvgIpc) is 2.14. The smallest absolute Gasteiger partial charge is 0.215 e. The largest absolute Gasteiger partial charge is 0.373 e. The third kappa shape index (κ3) is 4.91. The number of morpholine rings is 1. The van der Waals surface area contributed by atoms with Crippen molar-refractivity contribution >= 4 is 10.0 Å². The molecule has 1 saturated heterocycles. The molecule has 17 heavy (non-hydrogen) atoms. The topological polar surface area (TPSA) is 58.6 Å².